The van der Waals surface area contributed by atoms with Gasteiger partial charge in [0.25, 0.3) is 11.8 Å². The molecule has 1 saturated heterocycles. The van der Waals surface area contributed by atoms with Crippen molar-refractivity contribution in [2.45, 2.75) is 22.7 Å². The van der Waals surface area contributed by atoms with E-state index in [1.807, 2.05) is 46.6 Å². The molecule has 5 heterocycles. The molecular weight excluding hydrogens is 664 g/mol. The van der Waals surface area contributed by atoms with E-state index in [1.54, 1.807) is 6.92 Å². The van der Waals surface area contributed by atoms with Gasteiger partial charge in [-0.3, -0.25) is 19.6 Å². The number of β-lactam (4-membered cyclic amide) rings is 1. The Morgan fingerprint density at radius 1 is 1.30 bits per heavy atom. The van der Waals surface area contributed by atoms with Crippen molar-refractivity contribution in [2.75, 3.05) is 17.4 Å². The third-order valence-electron chi connectivity index (χ3n) is 5.77. The van der Waals surface area contributed by atoms with Crippen LogP contribution in [0.5, 0.6) is 0 Å². The quantitative estimate of drug-likeness (QED) is 0.0630. The Bertz CT molecular complexity index is 1690. The summed E-state index contributed by atoms with van der Waals surface area (Å²) in [7, 11) is -2.77. The molecule has 0 aliphatic carbocycles. The number of hydrogen-bond acceptors (Lipinski definition) is 13. The average molecular weight is 686 g/mol. The number of oxime groups is 1. The van der Waals surface area contributed by atoms with Crippen molar-refractivity contribution >= 4 is 82.8 Å². The minimum Gasteiger partial charge on any atom is -0.477 e. The van der Waals surface area contributed by atoms with Gasteiger partial charge in [-0.2, -0.15) is 9.36 Å². The first kappa shape index (κ1) is 31.0. The first-order valence-corrected chi connectivity index (χ1v) is 17.3. The van der Waals surface area contributed by atoms with E-state index in [-0.39, 0.29) is 29.0 Å². The van der Waals surface area contributed by atoms with Crippen LogP contribution in [0.2, 0.25) is 0 Å². The Balaban J connectivity index is 1.31. The summed E-state index contributed by atoms with van der Waals surface area (Å²) in [6.07, 6.45) is 3.80. The standard InChI is InChI=1S/C22H21N8O8PS4/c1-3-38-26-13(16-25-21(43-28-16)27-39(35,36)37)17(31)24-14-18(32)30-15(20(33)34)12(9-40-19(14)30)42-22-23-11(8-41-22)10-4-6-29(2)7-5-10/h4-8,14,19H,3,9H2,1-2H3,(H4-,24,25,27,28,31,33,34,35,36,37)/p+1/b26-13-. The molecule has 0 aromatic carbocycles. The first-order chi connectivity index (χ1) is 20.4. The third-order valence-corrected chi connectivity index (χ3v) is 10.5. The van der Waals surface area contributed by atoms with E-state index in [0.717, 1.165) is 16.2 Å². The van der Waals surface area contributed by atoms with E-state index >= 15 is 0 Å². The van der Waals surface area contributed by atoms with Crippen LogP contribution in [-0.4, -0.2) is 81.4 Å². The summed E-state index contributed by atoms with van der Waals surface area (Å²) in [6.45, 7) is 1.70. The van der Waals surface area contributed by atoms with Crippen LogP contribution in [0.15, 0.2) is 50.0 Å². The van der Waals surface area contributed by atoms with Crippen LogP contribution < -0.4 is 15.0 Å². The number of aromatic nitrogens is 4. The van der Waals surface area contributed by atoms with Gasteiger partial charge < -0.3 is 25.0 Å². The van der Waals surface area contributed by atoms with Gasteiger partial charge in [0.05, 0.1) is 5.69 Å². The van der Waals surface area contributed by atoms with Crippen molar-refractivity contribution in [2.24, 2.45) is 12.2 Å². The fourth-order valence-electron chi connectivity index (χ4n) is 3.90. The van der Waals surface area contributed by atoms with Gasteiger partial charge in [0.2, 0.25) is 16.7 Å². The number of aliphatic carboxylic acids is 1. The van der Waals surface area contributed by atoms with Crippen LogP contribution in [0.4, 0.5) is 5.13 Å². The van der Waals surface area contributed by atoms with Crippen LogP contribution in [0.1, 0.15) is 12.7 Å². The lowest BCUT2D eigenvalue weighted by Crippen LogP contribution is -2.71. The molecule has 3 aromatic heterocycles. The Kier molecular flexibility index (Phi) is 9.16. The number of carbonyl (C=O) groups excluding carboxylic acids is 2. The predicted octanol–water partition coefficient (Wildman–Crippen LogP) is 1.22. The highest BCUT2D eigenvalue weighted by Gasteiger charge is 2.54. The lowest BCUT2D eigenvalue weighted by Gasteiger charge is -2.49. The van der Waals surface area contributed by atoms with E-state index < -0.39 is 42.7 Å². The van der Waals surface area contributed by atoms with Crippen LogP contribution >= 0.6 is 54.1 Å². The fourth-order valence-corrected chi connectivity index (χ4v) is 8.60. The summed E-state index contributed by atoms with van der Waals surface area (Å²) < 4.78 is 17.6. The molecule has 0 radical (unpaired) electrons. The highest BCUT2D eigenvalue weighted by molar-refractivity contribution is 8.07. The van der Waals surface area contributed by atoms with Crippen molar-refractivity contribution in [3.05, 3.63) is 46.3 Å². The molecule has 2 amide bonds. The second-order valence-electron chi connectivity index (χ2n) is 8.73. The summed E-state index contributed by atoms with van der Waals surface area (Å²) in [5, 5.41) is 19.0. The highest BCUT2D eigenvalue weighted by atomic mass is 32.2. The number of carboxylic acid groups (broad SMARTS) is 1. The fraction of sp³-hybridized carbons (Fsp3) is 0.273. The number of anilines is 1. The Morgan fingerprint density at radius 2 is 2.05 bits per heavy atom. The summed E-state index contributed by atoms with van der Waals surface area (Å²) in [4.78, 5) is 71.9. The number of hydrogen-bond donors (Lipinski definition) is 5. The first-order valence-electron chi connectivity index (χ1n) is 12.1. The molecule has 0 bridgehead atoms. The molecule has 2 aliphatic rings. The summed E-state index contributed by atoms with van der Waals surface area (Å²) >= 11 is 4.40. The molecule has 21 heteroatoms. The minimum atomic E-state index is -4.67. The van der Waals surface area contributed by atoms with Gasteiger partial charge in [0.1, 0.15) is 30.8 Å². The largest absolute Gasteiger partial charge is 0.477 e. The van der Waals surface area contributed by atoms with Gasteiger partial charge in [0.15, 0.2) is 16.7 Å². The molecular formula is C22H22N8O8PS4+. The zero-order valence-electron chi connectivity index (χ0n) is 22.1. The topological polar surface area (TPSA) is 220 Å². The molecule has 0 saturated carbocycles. The summed E-state index contributed by atoms with van der Waals surface area (Å²) in [5.41, 5.74) is 1.06. The SMILES string of the molecule is CCO/N=C(\C(=O)NC1C(=O)N2C(C(=O)O)=C(Sc3nc(-c4cc[n+](C)cc4)cs3)CSC12)c1nsc(NP(=O)(O)O)n1. The van der Waals surface area contributed by atoms with Gasteiger partial charge in [-0.05, 0) is 6.92 Å². The van der Waals surface area contributed by atoms with E-state index in [0.29, 0.717) is 20.8 Å². The van der Waals surface area contributed by atoms with E-state index in [1.165, 1.54) is 34.9 Å². The molecule has 2 unspecified atom stereocenters. The van der Waals surface area contributed by atoms with Crippen LogP contribution in [0, 0.1) is 0 Å². The van der Waals surface area contributed by atoms with Crippen LogP contribution in [-0.2, 0) is 30.8 Å². The third kappa shape index (κ3) is 6.90. The average Bonchev–Trinajstić information content (AvgIpc) is 3.60. The van der Waals surface area contributed by atoms with Crippen LogP contribution in [0.25, 0.3) is 11.3 Å². The van der Waals surface area contributed by atoms with E-state index in [9.17, 15) is 24.1 Å². The number of amides is 2. The monoisotopic (exact) mass is 685 g/mol. The number of nitrogens with zero attached hydrogens (tertiary/aromatic N) is 6. The number of rotatable bonds is 11. The molecule has 3 aromatic rings. The molecule has 16 nitrogen and oxygen atoms in total. The lowest BCUT2D eigenvalue weighted by atomic mass is 10.0. The Hall–Kier alpha value is -3.39. The lowest BCUT2D eigenvalue weighted by molar-refractivity contribution is -0.671. The van der Waals surface area contributed by atoms with Crippen molar-refractivity contribution < 1.29 is 43.2 Å². The smallest absolute Gasteiger partial charge is 0.429 e. The van der Waals surface area contributed by atoms with Gasteiger partial charge in [0, 0.05) is 45.3 Å². The maximum atomic E-state index is 13.2. The number of thiazole rings is 1. The number of aryl methyl sites for hydroxylation is 1. The maximum Gasteiger partial charge on any atom is 0.429 e. The normalized spacial score (nSPS) is 18.7. The molecule has 43 heavy (non-hydrogen) atoms. The maximum absolute atomic E-state index is 13.2. The molecule has 2 aliphatic heterocycles. The molecule has 0 spiro atoms. The number of nitrogens with one attached hydrogen (secondary N) is 2. The summed E-state index contributed by atoms with van der Waals surface area (Å²) in [6, 6.07) is 2.77. The Labute approximate surface area is 259 Å². The molecule has 1 fully saturated rings. The van der Waals surface area contributed by atoms with Crippen molar-refractivity contribution in [1.29, 1.82) is 0 Å². The Morgan fingerprint density at radius 3 is 2.72 bits per heavy atom. The predicted molar refractivity (Wildman–Crippen MR) is 158 cm³/mol. The number of carbonyl (C=O) groups is 3. The van der Waals surface area contributed by atoms with Crippen molar-refractivity contribution in [1.82, 2.24) is 24.6 Å². The van der Waals surface area contributed by atoms with Crippen molar-refractivity contribution in [3.8, 4) is 11.3 Å². The zero-order valence-corrected chi connectivity index (χ0v) is 26.3. The van der Waals surface area contributed by atoms with Gasteiger partial charge in [-0.1, -0.05) is 16.9 Å². The molecule has 5 N–H and O–H groups in total. The van der Waals surface area contributed by atoms with Gasteiger partial charge in [-0.15, -0.1) is 23.1 Å². The number of carboxylic acids is 1. The summed E-state index contributed by atoms with van der Waals surface area (Å²) in [5.74, 6) is -2.84. The number of thioether (sulfide) groups is 2. The zero-order chi connectivity index (χ0) is 30.9. The molecule has 2 atom stereocenters. The number of fused-ring (bicyclic) bond motifs is 1. The second kappa shape index (κ2) is 12.7. The van der Waals surface area contributed by atoms with Crippen molar-refractivity contribution in [3.63, 3.8) is 0 Å². The minimum absolute atomic E-state index is 0.0843. The van der Waals surface area contributed by atoms with E-state index in [2.05, 4.69) is 24.8 Å². The van der Waals surface area contributed by atoms with Crippen LogP contribution in [0.3, 0.4) is 0 Å². The van der Waals surface area contributed by atoms with Gasteiger partial charge in [-0.25, -0.2) is 18.9 Å². The molecule has 5 rings (SSSR count). The second-order valence-corrected chi connectivity index (χ2v) is 14.1. The van der Waals surface area contributed by atoms with Gasteiger partial charge >= 0.3 is 13.7 Å². The number of pyridine rings is 1. The van der Waals surface area contributed by atoms with E-state index in [4.69, 9.17) is 14.6 Å². The highest BCUT2D eigenvalue weighted by Crippen LogP contribution is 2.46. The molecule has 226 valence electrons.